The minimum absolute atomic E-state index is 0.126. The SMILES string of the molecule is CCN(CC)CCC(=O)NCCc1ccc(Cl)cc1. The van der Waals surface area contributed by atoms with Gasteiger partial charge in [0.1, 0.15) is 0 Å². The van der Waals surface area contributed by atoms with Crippen molar-refractivity contribution in [3.8, 4) is 0 Å². The molecule has 1 N–H and O–H groups in total. The van der Waals surface area contributed by atoms with Crippen molar-refractivity contribution in [3.05, 3.63) is 34.9 Å². The summed E-state index contributed by atoms with van der Waals surface area (Å²) in [4.78, 5) is 13.9. The van der Waals surface area contributed by atoms with Gasteiger partial charge < -0.3 is 10.2 Å². The highest BCUT2D eigenvalue weighted by Gasteiger charge is 2.04. The summed E-state index contributed by atoms with van der Waals surface area (Å²) in [5, 5.41) is 3.69. The molecule has 0 saturated carbocycles. The molecule has 1 rings (SSSR count). The number of nitrogens with zero attached hydrogens (tertiary/aromatic N) is 1. The summed E-state index contributed by atoms with van der Waals surface area (Å²) in [6.07, 6.45) is 1.41. The Morgan fingerprint density at radius 3 is 2.42 bits per heavy atom. The molecule has 0 aliphatic rings. The summed E-state index contributed by atoms with van der Waals surface area (Å²) in [6, 6.07) is 7.73. The molecule has 1 amide bonds. The topological polar surface area (TPSA) is 32.3 Å². The molecule has 106 valence electrons. The van der Waals surface area contributed by atoms with Gasteiger partial charge in [0.2, 0.25) is 5.91 Å². The molecular formula is C15H23ClN2O. The van der Waals surface area contributed by atoms with Gasteiger partial charge in [-0.15, -0.1) is 0 Å². The number of carbonyl (C=O) groups excluding carboxylic acids is 1. The third-order valence-corrected chi connectivity index (χ3v) is 3.45. The second kappa shape index (κ2) is 8.94. The number of benzene rings is 1. The normalized spacial score (nSPS) is 10.7. The fourth-order valence-corrected chi connectivity index (χ4v) is 2.01. The van der Waals surface area contributed by atoms with Crippen molar-refractivity contribution in [1.82, 2.24) is 10.2 Å². The first-order chi connectivity index (χ1) is 9.15. The second-order valence-electron chi connectivity index (χ2n) is 4.50. The van der Waals surface area contributed by atoms with Crippen molar-refractivity contribution in [2.45, 2.75) is 26.7 Å². The quantitative estimate of drug-likeness (QED) is 0.795. The molecule has 0 aliphatic carbocycles. The van der Waals surface area contributed by atoms with Crippen LogP contribution in [0.3, 0.4) is 0 Å². The van der Waals surface area contributed by atoms with E-state index in [-0.39, 0.29) is 5.91 Å². The van der Waals surface area contributed by atoms with Gasteiger partial charge in [0, 0.05) is 24.5 Å². The minimum Gasteiger partial charge on any atom is -0.356 e. The lowest BCUT2D eigenvalue weighted by molar-refractivity contribution is -0.121. The minimum atomic E-state index is 0.126. The zero-order chi connectivity index (χ0) is 14.1. The molecule has 0 unspecified atom stereocenters. The van der Waals surface area contributed by atoms with Crippen LogP contribution in [0.2, 0.25) is 5.02 Å². The molecule has 4 heteroatoms. The van der Waals surface area contributed by atoms with Gasteiger partial charge in [-0.25, -0.2) is 0 Å². The number of carbonyl (C=O) groups is 1. The van der Waals surface area contributed by atoms with Crippen LogP contribution in [0.15, 0.2) is 24.3 Å². The zero-order valence-electron chi connectivity index (χ0n) is 11.8. The van der Waals surface area contributed by atoms with Gasteiger partial charge in [-0.1, -0.05) is 37.6 Å². The Morgan fingerprint density at radius 1 is 1.21 bits per heavy atom. The van der Waals surface area contributed by atoms with Crippen LogP contribution in [-0.4, -0.2) is 37.0 Å². The standard InChI is InChI=1S/C15H23ClN2O/c1-3-18(4-2)12-10-15(19)17-11-9-13-5-7-14(16)8-6-13/h5-8H,3-4,9-12H2,1-2H3,(H,17,19). The van der Waals surface area contributed by atoms with Crippen LogP contribution in [-0.2, 0) is 11.2 Å². The summed E-state index contributed by atoms with van der Waals surface area (Å²) in [5.74, 6) is 0.126. The summed E-state index contributed by atoms with van der Waals surface area (Å²) in [5.41, 5.74) is 1.19. The first-order valence-corrected chi connectivity index (χ1v) is 7.27. The summed E-state index contributed by atoms with van der Waals surface area (Å²) in [7, 11) is 0. The Balaban J connectivity index is 2.18. The molecule has 0 radical (unpaired) electrons. The van der Waals surface area contributed by atoms with E-state index in [0.29, 0.717) is 13.0 Å². The molecule has 0 atom stereocenters. The molecule has 19 heavy (non-hydrogen) atoms. The predicted molar refractivity (Wildman–Crippen MR) is 80.6 cm³/mol. The Bertz CT molecular complexity index is 374. The number of hydrogen-bond donors (Lipinski definition) is 1. The van der Waals surface area contributed by atoms with Crippen LogP contribution in [0.25, 0.3) is 0 Å². The number of amides is 1. The van der Waals surface area contributed by atoms with Crippen LogP contribution in [0.1, 0.15) is 25.8 Å². The lowest BCUT2D eigenvalue weighted by Gasteiger charge is -2.17. The highest BCUT2D eigenvalue weighted by molar-refractivity contribution is 6.30. The van der Waals surface area contributed by atoms with E-state index in [9.17, 15) is 4.79 Å². The summed E-state index contributed by atoms with van der Waals surface area (Å²) >= 11 is 5.82. The maximum atomic E-state index is 11.7. The van der Waals surface area contributed by atoms with Crippen molar-refractivity contribution in [1.29, 1.82) is 0 Å². The first-order valence-electron chi connectivity index (χ1n) is 6.89. The number of nitrogens with one attached hydrogen (secondary N) is 1. The largest absolute Gasteiger partial charge is 0.356 e. The molecule has 1 aromatic carbocycles. The van der Waals surface area contributed by atoms with Crippen molar-refractivity contribution in [2.75, 3.05) is 26.2 Å². The van der Waals surface area contributed by atoms with Gasteiger partial charge >= 0.3 is 0 Å². The molecule has 3 nitrogen and oxygen atoms in total. The number of rotatable bonds is 8. The summed E-state index contributed by atoms with van der Waals surface area (Å²) in [6.45, 7) is 7.73. The third kappa shape index (κ3) is 6.60. The Kier molecular flexibility index (Phi) is 7.53. The molecule has 0 aromatic heterocycles. The molecule has 0 heterocycles. The predicted octanol–water partition coefficient (Wildman–Crippen LogP) is 2.73. The van der Waals surface area contributed by atoms with Gasteiger partial charge in [-0.2, -0.15) is 0 Å². The van der Waals surface area contributed by atoms with Crippen LogP contribution in [0, 0.1) is 0 Å². The van der Waals surface area contributed by atoms with Crippen LogP contribution < -0.4 is 5.32 Å². The van der Waals surface area contributed by atoms with Gasteiger partial charge in [-0.3, -0.25) is 4.79 Å². The van der Waals surface area contributed by atoms with E-state index in [0.717, 1.165) is 31.1 Å². The van der Waals surface area contributed by atoms with E-state index in [1.54, 1.807) is 0 Å². The fourth-order valence-electron chi connectivity index (χ4n) is 1.89. The van der Waals surface area contributed by atoms with E-state index >= 15 is 0 Å². The lowest BCUT2D eigenvalue weighted by atomic mass is 10.1. The molecule has 0 spiro atoms. The van der Waals surface area contributed by atoms with Crippen molar-refractivity contribution >= 4 is 17.5 Å². The first kappa shape index (κ1) is 16.0. The maximum absolute atomic E-state index is 11.7. The van der Waals surface area contributed by atoms with Crippen molar-refractivity contribution < 1.29 is 4.79 Å². The highest BCUT2D eigenvalue weighted by atomic mass is 35.5. The molecule has 1 aromatic rings. The fraction of sp³-hybridized carbons (Fsp3) is 0.533. The lowest BCUT2D eigenvalue weighted by Crippen LogP contribution is -2.31. The van der Waals surface area contributed by atoms with Crippen LogP contribution >= 0.6 is 11.6 Å². The van der Waals surface area contributed by atoms with E-state index in [1.165, 1.54) is 5.56 Å². The van der Waals surface area contributed by atoms with Crippen molar-refractivity contribution in [3.63, 3.8) is 0 Å². The molecule has 0 aliphatic heterocycles. The van der Waals surface area contributed by atoms with Gasteiger partial charge in [-0.05, 0) is 37.2 Å². The Hall–Kier alpha value is -1.06. The molecule has 0 saturated heterocycles. The third-order valence-electron chi connectivity index (χ3n) is 3.20. The molecule has 0 bridgehead atoms. The van der Waals surface area contributed by atoms with Crippen molar-refractivity contribution in [2.24, 2.45) is 0 Å². The van der Waals surface area contributed by atoms with E-state index in [4.69, 9.17) is 11.6 Å². The monoisotopic (exact) mass is 282 g/mol. The van der Waals surface area contributed by atoms with Gasteiger partial charge in [0.15, 0.2) is 0 Å². The Morgan fingerprint density at radius 2 is 1.84 bits per heavy atom. The van der Waals surface area contributed by atoms with E-state index in [2.05, 4.69) is 24.1 Å². The number of halogens is 1. The number of hydrogen-bond acceptors (Lipinski definition) is 2. The molecule has 0 fully saturated rings. The second-order valence-corrected chi connectivity index (χ2v) is 4.94. The average Bonchev–Trinajstić information content (AvgIpc) is 2.42. The Labute approximate surface area is 120 Å². The zero-order valence-corrected chi connectivity index (χ0v) is 12.5. The van der Waals surface area contributed by atoms with E-state index < -0.39 is 0 Å². The smallest absolute Gasteiger partial charge is 0.221 e. The van der Waals surface area contributed by atoms with E-state index in [1.807, 2.05) is 24.3 Å². The maximum Gasteiger partial charge on any atom is 0.221 e. The van der Waals surface area contributed by atoms with Crippen LogP contribution in [0.4, 0.5) is 0 Å². The highest BCUT2D eigenvalue weighted by Crippen LogP contribution is 2.09. The van der Waals surface area contributed by atoms with Gasteiger partial charge in [0.05, 0.1) is 0 Å². The average molecular weight is 283 g/mol. The van der Waals surface area contributed by atoms with Gasteiger partial charge in [0.25, 0.3) is 0 Å². The molecular weight excluding hydrogens is 260 g/mol. The summed E-state index contributed by atoms with van der Waals surface area (Å²) < 4.78 is 0. The van der Waals surface area contributed by atoms with Crippen LogP contribution in [0.5, 0.6) is 0 Å².